The smallest absolute Gasteiger partial charge is 0.0800 e. The van der Waals surface area contributed by atoms with Crippen molar-refractivity contribution in [2.75, 3.05) is 13.1 Å². The first kappa shape index (κ1) is 10.3. The van der Waals surface area contributed by atoms with Crippen LogP contribution < -0.4 is 5.32 Å². The van der Waals surface area contributed by atoms with E-state index in [2.05, 4.69) is 5.32 Å². The standard InChI is InChI=1S/C9H17NO.ClH/c11-9-5-2-1-3-8(9)4-6-10-7-9;/h8,10-11H,1-7H2;1H. The highest BCUT2D eigenvalue weighted by molar-refractivity contribution is 5.85. The van der Waals surface area contributed by atoms with Crippen LogP contribution in [0.25, 0.3) is 0 Å². The van der Waals surface area contributed by atoms with E-state index in [0.717, 1.165) is 19.5 Å². The van der Waals surface area contributed by atoms with Crippen molar-refractivity contribution in [2.24, 2.45) is 5.92 Å². The average molecular weight is 192 g/mol. The summed E-state index contributed by atoms with van der Waals surface area (Å²) in [6.45, 7) is 1.94. The molecule has 1 saturated heterocycles. The van der Waals surface area contributed by atoms with E-state index in [-0.39, 0.29) is 18.0 Å². The topological polar surface area (TPSA) is 32.3 Å². The molecular formula is C9H18ClNO. The van der Waals surface area contributed by atoms with Gasteiger partial charge in [-0.05, 0) is 31.7 Å². The quantitative estimate of drug-likeness (QED) is 0.606. The number of fused-ring (bicyclic) bond motifs is 1. The minimum atomic E-state index is -0.337. The van der Waals surface area contributed by atoms with Crippen molar-refractivity contribution in [3.05, 3.63) is 0 Å². The number of nitrogens with one attached hydrogen (secondary N) is 1. The van der Waals surface area contributed by atoms with Crippen molar-refractivity contribution in [1.82, 2.24) is 5.32 Å². The molecule has 0 aromatic heterocycles. The van der Waals surface area contributed by atoms with Crippen LogP contribution in [0.4, 0.5) is 0 Å². The van der Waals surface area contributed by atoms with Gasteiger partial charge in [0.1, 0.15) is 0 Å². The predicted molar refractivity (Wildman–Crippen MR) is 51.6 cm³/mol. The van der Waals surface area contributed by atoms with E-state index in [1.807, 2.05) is 0 Å². The van der Waals surface area contributed by atoms with Gasteiger partial charge in [-0.1, -0.05) is 12.8 Å². The Hall–Kier alpha value is 0.210. The molecule has 3 heteroatoms. The van der Waals surface area contributed by atoms with Gasteiger partial charge < -0.3 is 10.4 Å². The minimum Gasteiger partial charge on any atom is -0.388 e. The summed E-state index contributed by atoms with van der Waals surface area (Å²) in [7, 11) is 0. The molecule has 2 atom stereocenters. The summed E-state index contributed by atoms with van der Waals surface area (Å²) >= 11 is 0. The molecule has 2 N–H and O–H groups in total. The molecule has 2 nitrogen and oxygen atoms in total. The lowest BCUT2D eigenvalue weighted by Gasteiger charge is -2.43. The number of rotatable bonds is 0. The fourth-order valence-electron chi connectivity index (χ4n) is 2.52. The van der Waals surface area contributed by atoms with Gasteiger partial charge in [0.25, 0.3) is 0 Å². The Bertz CT molecular complexity index is 139. The van der Waals surface area contributed by atoms with Crippen LogP contribution in [-0.2, 0) is 0 Å². The molecule has 2 unspecified atom stereocenters. The van der Waals surface area contributed by atoms with Gasteiger partial charge in [0.05, 0.1) is 5.60 Å². The fraction of sp³-hybridized carbons (Fsp3) is 1.00. The highest BCUT2D eigenvalue weighted by atomic mass is 35.5. The van der Waals surface area contributed by atoms with Crippen molar-refractivity contribution in [1.29, 1.82) is 0 Å². The lowest BCUT2D eigenvalue weighted by atomic mass is 9.72. The molecule has 0 spiro atoms. The summed E-state index contributed by atoms with van der Waals surface area (Å²) in [5, 5.41) is 13.4. The fourth-order valence-corrected chi connectivity index (χ4v) is 2.52. The Morgan fingerprint density at radius 2 is 2.08 bits per heavy atom. The van der Waals surface area contributed by atoms with E-state index in [9.17, 15) is 5.11 Å². The Morgan fingerprint density at radius 1 is 1.25 bits per heavy atom. The molecule has 2 fully saturated rings. The molecule has 0 amide bonds. The molecule has 0 bridgehead atoms. The summed E-state index contributed by atoms with van der Waals surface area (Å²) in [4.78, 5) is 0. The minimum absolute atomic E-state index is 0. The van der Waals surface area contributed by atoms with E-state index in [4.69, 9.17) is 0 Å². The molecule has 1 saturated carbocycles. The van der Waals surface area contributed by atoms with Gasteiger partial charge in [-0.2, -0.15) is 0 Å². The van der Waals surface area contributed by atoms with E-state index >= 15 is 0 Å². The molecule has 0 aromatic rings. The Balaban J connectivity index is 0.000000720. The second kappa shape index (κ2) is 3.95. The Morgan fingerprint density at radius 3 is 2.83 bits per heavy atom. The second-order valence-electron chi connectivity index (χ2n) is 4.01. The van der Waals surface area contributed by atoms with E-state index < -0.39 is 0 Å². The van der Waals surface area contributed by atoms with E-state index in [0.29, 0.717) is 5.92 Å². The first-order chi connectivity index (χ1) is 5.31. The number of β-amino-alcohol motifs (C(OH)–C–C–N with tert-alkyl or cyclic N) is 1. The zero-order valence-electron chi connectivity index (χ0n) is 7.38. The zero-order chi connectivity index (χ0) is 7.73. The molecule has 0 aromatic carbocycles. The maximum Gasteiger partial charge on any atom is 0.0800 e. The highest BCUT2D eigenvalue weighted by Crippen LogP contribution is 2.36. The lowest BCUT2D eigenvalue weighted by molar-refractivity contribution is -0.0632. The highest BCUT2D eigenvalue weighted by Gasteiger charge is 2.40. The molecule has 2 aliphatic rings. The van der Waals surface area contributed by atoms with Crippen molar-refractivity contribution in [3.8, 4) is 0 Å². The van der Waals surface area contributed by atoms with Gasteiger partial charge in [0.2, 0.25) is 0 Å². The first-order valence-corrected chi connectivity index (χ1v) is 4.74. The third-order valence-electron chi connectivity index (χ3n) is 3.27. The molecule has 2 rings (SSSR count). The van der Waals surface area contributed by atoms with Gasteiger partial charge in [-0.3, -0.25) is 0 Å². The number of hydrogen-bond donors (Lipinski definition) is 2. The number of piperidine rings is 1. The van der Waals surface area contributed by atoms with E-state index in [1.165, 1.54) is 25.7 Å². The molecule has 1 aliphatic carbocycles. The van der Waals surface area contributed by atoms with Crippen molar-refractivity contribution in [3.63, 3.8) is 0 Å². The first-order valence-electron chi connectivity index (χ1n) is 4.74. The molecule has 1 heterocycles. The summed E-state index contributed by atoms with van der Waals surface area (Å²) in [5.74, 6) is 0.595. The van der Waals surface area contributed by atoms with Crippen LogP contribution >= 0.6 is 12.4 Å². The van der Waals surface area contributed by atoms with Gasteiger partial charge in [0, 0.05) is 6.54 Å². The zero-order valence-corrected chi connectivity index (χ0v) is 8.20. The second-order valence-corrected chi connectivity index (χ2v) is 4.01. The monoisotopic (exact) mass is 191 g/mol. The van der Waals surface area contributed by atoms with Crippen molar-refractivity contribution in [2.45, 2.75) is 37.7 Å². The van der Waals surface area contributed by atoms with Crippen LogP contribution in [-0.4, -0.2) is 23.8 Å². The van der Waals surface area contributed by atoms with Crippen molar-refractivity contribution >= 4 is 12.4 Å². The third kappa shape index (κ3) is 1.76. The summed E-state index contributed by atoms with van der Waals surface area (Å²) in [6, 6.07) is 0. The molecule has 1 aliphatic heterocycles. The number of hydrogen-bond acceptors (Lipinski definition) is 2. The molecule has 0 radical (unpaired) electrons. The molecular weight excluding hydrogens is 174 g/mol. The SMILES string of the molecule is Cl.OC12CCCCC1CCNC2. The van der Waals surface area contributed by atoms with Gasteiger partial charge in [-0.15, -0.1) is 12.4 Å². The maximum atomic E-state index is 10.1. The largest absolute Gasteiger partial charge is 0.388 e. The molecule has 12 heavy (non-hydrogen) atoms. The van der Waals surface area contributed by atoms with Gasteiger partial charge in [-0.25, -0.2) is 0 Å². The number of halogens is 1. The van der Waals surface area contributed by atoms with Crippen LogP contribution in [0.2, 0.25) is 0 Å². The summed E-state index contributed by atoms with van der Waals surface area (Å²) in [5.41, 5.74) is -0.337. The average Bonchev–Trinajstić information content (AvgIpc) is 2.03. The van der Waals surface area contributed by atoms with Crippen LogP contribution in [0.3, 0.4) is 0 Å². The van der Waals surface area contributed by atoms with Gasteiger partial charge in [0.15, 0.2) is 0 Å². The van der Waals surface area contributed by atoms with Crippen LogP contribution in [0.15, 0.2) is 0 Å². The summed E-state index contributed by atoms with van der Waals surface area (Å²) in [6.07, 6.45) is 5.99. The lowest BCUT2D eigenvalue weighted by Crippen LogP contribution is -2.53. The van der Waals surface area contributed by atoms with Crippen LogP contribution in [0, 0.1) is 5.92 Å². The van der Waals surface area contributed by atoms with Crippen LogP contribution in [0.5, 0.6) is 0 Å². The Kier molecular flexibility index (Phi) is 3.38. The predicted octanol–water partition coefficient (Wildman–Crippen LogP) is 1.32. The molecule has 72 valence electrons. The maximum absolute atomic E-state index is 10.1. The normalized spacial score (nSPS) is 41.2. The van der Waals surface area contributed by atoms with Crippen molar-refractivity contribution < 1.29 is 5.11 Å². The summed E-state index contributed by atoms with van der Waals surface area (Å²) < 4.78 is 0. The van der Waals surface area contributed by atoms with Gasteiger partial charge >= 0.3 is 0 Å². The third-order valence-corrected chi connectivity index (χ3v) is 3.27. The number of aliphatic hydroxyl groups is 1. The van der Waals surface area contributed by atoms with Crippen LogP contribution in [0.1, 0.15) is 32.1 Å². The van der Waals surface area contributed by atoms with E-state index in [1.54, 1.807) is 0 Å². The Labute approximate surface area is 80.1 Å².